The van der Waals surface area contributed by atoms with Crippen molar-refractivity contribution in [2.24, 2.45) is 11.5 Å². The summed E-state index contributed by atoms with van der Waals surface area (Å²) in [5.41, 5.74) is 10.2. The lowest BCUT2D eigenvalue weighted by Gasteiger charge is -2.09. The summed E-state index contributed by atoms with van der Waals surface area (Å²) in [6.45, 7) is -0.00954. The second-order valence-corrected chi connectivity index (χ2v) is 4.95. The van der Waals surface area contributed by atoms with Crippen molar-refractivity contribution in [3.8, 4) is 5.75 Å². The molecule has 1 aromatic rings. The minimum atomic E-state index is -0.779. The first-order valence-corrected chi connectivity index (χ1v) is 7.63. The Kier molecular flexibility index (Phi) is 8.73. The molecular formula is C16H21N5O5. The van der Waals surface area contributed by atoms with Gasteiger partial charge >= 0.3 is 6.03 Å². The third-order valence-electron chi connectivity index (χ3n) is 2.94. The van der Waals surface area contributed by atoms with Gasteiger partial charge in [0.2, 0.25) is 5.91 Å². The largest absolute Gasteiger partial charge is 0.483 e. The first kappa shape index (κ1) is 20.5. The molecule has 26 heavy (non-hydrogen) atoms. The fourth-order valence-electron chi connectivity index (χ4n) is 1.73. The first-order valence-electron chi connectivity index (χ1n) is 7.63. The molecule has 0 saturated carbocycles. The average molecular weight is 363 g/mol. The average Bonchev–Trinajstić information content (AvgIpc) is 2.61. The molecule has 7 N–H and O–H groups in total. The van der Waals surface area contributed by atoms with Crippen molar-refractivity contribution in [3.05, 3.63) is 42.0 Å². The van der Waals surface area contributed by atoms with Crippen LogP contribution in [-0.4, -0.2) is 50.0 Å². The summed E-state index contributed by atoms with van der Waals surface area (Å²) in [4.78, 5) is 44.6. The molecule has 0 aliphatic heterocycles. The maximum Gasteiger partial charge on any atom is 0.312 e. The summed E-state index contributed by atoms with van der Waals surface area (Å²) >= 11 is 0. The van der Waals surface area contributed by atoms with Crippen molar-refractivity contribution in [1.29, 1.82) is 0 Å². The zero-order chi connectivity index (χ0) is 19.4. The monoisotopic (exact) mass is 363 g/mol. The number of nitrogens with one attached hydrogen (secondary N) is 3. The predicted molar refractivity (Wildman–Crippen MR) is 93.2 cm³/mol. The molecule has 0 saturated heterocycles. The number of para-hydroxylation sites is 1. The molecule has 0 aliphatic rings. The topological polar surface area (TPSA) is 166 Å². The second kappa shape index (κ2) is 11.1. The Morgan fingerprint density at radius 3 is 2.15 bits per heavy atom. The number of carbonyl (C=O) groups excluding carboxylic acids is 4. The molecule has 140 valence electrons. The molecule has 1 rings (SSSR count). The van der Waals surface area contributed by atoms with E-state index in [1.54, 1.807) is 30.4 Å². The quantitative estimate of drug-likeness (QED) is 0.323. The highest BCUT2D eigenvalue weighted by Gasteiger charge is 2.09. The number of urea groups is 1. The van der Waals surface area contributed by atoms with Gasteiger partial charge in [-0.15, -0.1) is 0 Å². The summed E-state index contributed by atoms with van der Waals surface area (Å²) in [5, 5.41) is 7.24. The maximum atomic E-state index is 11.7. The van der Waals surface area contributed by atoms with Gasteiger partial charge in [0.1, 0.15) is 5.75 Å². The van der Waals surface area contributed by atoms with Crippen LogP contribution in [0.1, 0.15) is 10.4 Å². The first-order chi connectivity index (χ1) is 12.4. The highest BCUT2D eigenvalue weighted by atomic mass is 16.5. The smallest absolute Gasteiger partial charge is 0.312 e. The highest BCUT2D eigenvalue weighted by Crippen LogP contribution is 2.16. The number of amides is 5. The standard InChI is InChI=1S/C16H21N5O5/c17-15(24)11-5-1-2-6-12(11)26-10-14(23)20-8-4-3-7-19-13(22)9-21-16(18)25/h1-6H,7-10H2,(H2,17,24)(H,19,22)(H,20,23)(H3,18,21,25)/b4-3+. The van der Waals surface area contributed by atoms with Crippen molar-refractivity contribution in [1.82, 2.24) is 16.0 Å². The number of carbonyl (C=O) groups is 4. The summed E-state index contributed by atoms with van der Waals surface area (Å²) in [5.74, 6) is -1.18. The molecule has 0 spiro atoms. The molecule has 0 unspecified atom stereocenters. The van der Waals surface area contributed by atoms with Crippen molar-refractivity contribution >= 4 is 23.8 Å². The molecule has 10 nitrogen and oxygen atoms in total. The van der Waals surface area contributed by atoms with Gasteiger partial charge in [0.25, 0.3) is 11.8 Å². The minimum Gasteiger partial charge on any atom is -0.483 e. The van der Waals surface area contributed by atoms with Gasteiger partial charge in [-0.2, -0.15) is 0 Å². The molecule has 0 fully saturated rings. The van der Waals surface area contributed by atoms with Crippen LogP contribution in [0.2, 0.25) is 0 Å². The summed E-state index contributed by atoms with van der Waals surface area (Å²) in [7, 11) is 0. The number of ether oxygens (including phenoxy) is 1. The van der Waals surface area contributed by atoms with Crippen LogP contribution in [0, 0.1) is 0 Å². The Balaban J connectivity index is 2.22. The van der Waals surface area contributed by atoms with Crippen LogP contribution >= 0.6 is 0 Å². The van der Waals surface area contributed by atoms with Crippen molar-refractivity contribution in [2.45, 2.75) is 0 Å². The molecule has 0 radical (unpaired) electrons. The molecule has 0 heterocycles. The SMILES string of the molecule is NC(=O)NCC(=O)NC/C=C/CNC(=O)COc1ccccc1C(N)=O. The Labute approximate surface area is 149 Å². The lowest BCUT2D eigenvalue weighted by atomic mass is 10.2. The fourth-order valence-corrected chi connectivity index (χ4v) is 1.73. The van der Waals surface area contributed by atoms with E-state index in [1.165, 1.54) is 6.07 Å². The molecule has 0 aromatic heterocycles. The van der Waals surface area contributed by atoms with E-state index in [0.717, 1.165) is 0 Å². The molecule has 0 atom stereocenters. The van der Waals surface area contributed by atoms with Crippen LogP contribution in [0.4, 0.5) is 4.79 Å². The summed E-state index contributed by atoms with van der Waals surface area (Å²) in [6.07, 6.45) is 3.27. The van der Waals surface area contributed by atoms with E-state index < -0.39 is 11.9 Å². The van der Waals surface area contributed by atoms with Gasteiger partial charge in [0.05, 0.1) is 12.1 Å². The summed E-state index contributed by atoms with van der Waals surface area (Å²) < 4.78 is 5.28. The van der Waals surface area contributed by atoms with Crippen LogP contribution in [0.25, 0.3) is 0 Å². The Morgan fingerprint density at radius 2 is 1.54 bits per heavy atom. The van der Waals surface area contributed by atoms with Gasteiger partial charge in [-0.3, -0.25) is 14.4 Å². The van der Waals surface area contributed by atoms with Gasteiger partial charge in [0.15, 0.2) is 6.61 Å². The van der Waals surface area contributed by atoms with E-state index in [4.69, 9.17) is 16.2 Å². The van der Waals surface area contributed by atoms with Gasteiger partial charge in [-0.05, 0) is 12.1 Å². The third-order valence-corrected chi connectivity index (χ3v) is 2.94. The molecule has 0 aliphatic carbocycles. The van der Waals surface area contributed by atoms with Crippen molar-refractivity contribution in [2.75, 3.05) is 26.2 Å². The number of benzene rings is 1. The second-order valence-electron chi connectivity index (χ2n) is 4.95. The minimum absolute atomic E-state index is 0.196. The molecular weight excluding hydrogens is 342 g/mol. The predicted octanol–water partition coefficient (Wildman–Crippen LogP) is -1.38. The van der Waals surface area contributed by atoms with Crippen LogP contribution < -0.4 is 32.2 Å². The van der Waals surface area contributed by atoms with Crippen LogP contribution in [-0.2, 0) is 9.59 Å². The van der Waals surface area contributed by atoms with E-state index >= 15 is 0 Å². The van der Waals surface area contributed by atoms with E-state index in [1.807, 2.05) is 0 Å². The molecule has 1 aromatic carbocycles. The number of hydrogen-bond donors (Lipinski definition) is 5. The molecule has 10 heteroatoms. The number of rotatable bonds is 10. The van der Waals surface area contributed by atoms with Gasteiger partial charge in [-0.25, -0.2) is 4.79 Å². The van der Waals surface area contributed by atoms with Gasteiger partial charge in [-0.1, -0.05) is 24.3 Å². The van der Waals surface area contributed by atoms with Crippen LogP contribution in [0.5, 0.6) is 5.75 Å². The Hall–Kier alpha value is -3.56. The molecule has 5 amide bonds. The normalized spacial score (nSPS) is 10.2. The Bertz CT molecular complexity index is 689. The summed E-state index contributed by atoms with van der Waals surface area (Å²) in [6, 6.07) is 5.57. The van der Waals surface area contributed by atoms with Crippen molar-refractivity contribution in [3.63, 3.8) is 0 Å². The van der Waals surface area contributed by atoms with E-state index in [0.29, 0.717) is 0 Å². The molecule has 0 bridgehead atoms. The maximum absolute atomic E-state index is 11.7. The number of hydrogen-bond acceptors (Lipinski definition) is 5. The van der Waals surface area contributed by atoms with Crippen LogP contribution in [0.15, 0.2) is 36.4 Å². The number of nitrogens with two attached hydrogens (primary N) is 2. The van der Waals surface area contributed by atoms with Gasteiger partial charge in [0, 0.05) is 13.1 Å². The lowest BCUT2D eigenvalue weighted by Crippen LogP contribution is -2.39. The lowest BCUT2D eigenvalue weighted by molar-refractivity contribution is -0.123. The van der Waals surface area contributed by atoms with E-state index in [9.17, 15) is 19.2 Å². The zero-order valence-corrected chi connectivity index (χ0v) is 14.0. The van der Waals surface area contributed by atoms with Crippen LogP contribution in [0.3, 0.4) is 0 Å². The van der Waals surface area contributed by atoms with Gasteiger partial charge < -0.3 is 32.2 Å². The van der Waals surface area contributed by atoms with Crippen molar-refractivity contribution < 1.29 is 23.9 Å². The number of primary amides is 2. The third kappa shape index (κ3) is 8.34. The fraction of sp³-hybridized carbons (Fsp3) is 0.250. The highest BCUT2D eigenvalue weighted by molar-refractivity contribution is 5.95. The zero-order valence-electron chi connectivity index (χ0n) is 14.0. The van der Waals surface area contributed by atoms with E-state index in [-0.39, 0.29) is 49.4 Å². The Morgan fingerprint density at radius 1 is 0.923 bits per heavy atom. The van der Waals surface area contributed by atoms with E-state index in [2.05, 4.69) is 16.0 Å².